The number of nitrogens with one attached hydrogen (secondary N) is 1. The van der Waals surface area contributed by atoms with Gasteiger partial charge in [0, 0.05) is 19.0 Å². The van der Waals surface area contributed by atoms with Crippen molar-refractivity contribution in [3.8, 4) is 0 Å². The van der Waals surface area contributed by atoms with Gasteiger partial charge in [-0.25, -0.2) is 0 Å². The van der Waals surface area contributed by atoms with Crippen molar-refractivity contribution in [2.24, 2.45) is 11.7 Å². The lowest BCUT2D eigenvalue weighted by atomic mass is 10.1. The zero-order valence-electron chi connectivity index (χ0n) is 8.08. The van der Waals surface area contributed by atoms with Crippen LogP contribution in [-0.2, 0) is 4.79 Å². The Labute approximate surface area is 77.9 Å². The van der Waals surface area contributed by atoms with E-state index in [1.807, 2.05) is 0 Å². The van der Waals surface area contributed by atoms with E-state index >= 15 is 0 Å². The maximum atomic E-state index is 11.2. The fourth-order valence-electron chi connectivity index (χ4n) is 0.615. The molecule has 5 nitrogen and oxygen atoms in total. The smallest absolute Gasteiger partial charge is 0.224 e. The summed E-state index contributed by atoms with van der Waals surface area (Å²) in [5.74, 6) is -0.481. The van der Waals surface area contributed by atoms with E-state index in [0.29, 0.717) is 0 Å². The van der Waals surface area contributed by atoms with Gasteiger partial charge in [0.1, 0.15) is 5.60 Å². The molecule has 2 unspecified atom stereocenters. The zero-order chi connectivity index (χ0) is 10.5. The van der Waals surface area contributed by atoms with Crippen LogP contribution in [0.5, 0.6) is 0 Å². The summed E-state index contributed by atoms with van der Waals surface area (Å²) in [6.45, 7) is 3.06. The summed E-state index contributed by atoms with van der Waals surface area (Å²) in [5, 5.41) is 20.5. The maximum Gasteiger partial charge on any atom is 0.224 e. The fourth-order valence-corrected chi connectivity index (χ4v) is 0.615. The number of rotatable bonds is 5. The molecule has 5 heteroatoms. The summed E-state index contributed by atoms with van der Waals surface area (Å²) in [5.41, 5.74) is 4.01. The van der Waals surface area contributed by atoms with Crippen LogP contribution in [0.1, 0.15) is 13.8 Å². The molecule has 1 amide bonds. The molecule has 0 bridgehead atoms. The summed E-state index contributed by atoms with van der Waals surface area (Å²) in [7, 11) is 0. The minimum absolute atomic E-state index is 0.0344. The Balaban J connectivity index is 3.83. The summed E-state index contributed by atoms with van der Waals surface area (Å²) < 4.78 is 0. The van der Waals surface area contributed by atoms with E-state index in [-0.39, 0.29) is 31.5 Å². The predicted molar refractivity (Wildman–Crippen MR) is 48.9 cm³/mol. The number of nitrogens with two attached hydrogens (primary N) is 1. The van der Waals surface area contributed by atoms with Gasteiger partial charge in [0.05, 0.1) is 6.61 Å². The van der Waals surface area contributed by atoms with Crippen LogP contribution in [0.15, 0.2) is 0 Å². The second-order valence-corrected chi connectivity index (χ2v) is 3.51. The number of hydrogen-bond acceptors (Lipinski definition) is 4. The first-order valence-corrected chi connectivity index (χ1v) is 4.24. The number of hydrogen-bond donors (Lipinski definition) is 4. The first-order chi connectivity index (χ1) is 5.93. The number of carbonyl (C=O) groups excluding carboxylic acids is 1. The normalized spacial score (nSPS) is 17.6. The van der Waals surface area contributed by atoms with Crippen molar-refractivity contribution in [1.29, 1.82) is 0 Å². The lowest BCUT2D eigenvalue weighted by Gasteiger charge is -2.21. The van der Waals surface area contributed by atoms with Crippen molar-refractivity contribution in [2.75, 3.05) is 19.7 Å². The van der Waals surface area contributed by atoms with Crippen LogP contribution in [0, 0.1) is 5.92 Å². The molecule has 0 radical (unpaired) electrons. The zero-order valence-corrected chi connectivity index (χ0v) is 8.08. The molecule has 0 rings (SSSR count). The van der Waals surface area contributed by atoms with E-state index in [9.17, 15) is 9.90 Å². The lowest BCUT2D eigenvalue weighted by Crippen LogP contribution is -2.45. The molecule has 0 heterocycles. The second kappa shape index (κ2) is 5.16. The highest BCUT2D eigenvalue weighted by Gasteiger charge is 2.21. The van der Waals surface area contributed by atoms with Crippen LogP contribution in [0.4, 0.5) is 0 Å². The number of aliphatic hydroxyl groups is 2. The van der Waals surface area contributed by atoms with Crippen molar-refractivity contribution >= 4 is 5.91 Å². The minimum Gasteiger partial charge on any atom is -0.393 e. The maximum absolute atomic E-state index is 11.2. The van der Waals surface area contributed by atoms with Gasteiger partial charge >= 0.3 is 0 Å². The van der Waals surface area contributed by atoms with Gasteiger partial charge in [0.25, 0.3) is 0 Å². The number of carbonyl (C=O) groups is 1. The molecule has 0 spiro atoms. The van der Waals surface area contributed by atoms with E-state index in [0.717, 1.165) is 0 Å². The van der Waals surface area contributed by atoms with E-state index in [2.05, 4.69) is 5.32 Å². The van der Waals surface area contributed by atoms with E-state index in [1.165, 1.54) is 6.92 Å². The summed E-state index contributed by atoms with van der Waals surface area (Å²) in [6.07, 6.45) is 0. The Kier molecular flexibility index (Phi) is 4.90. The predicted octanol–water partition coefficient (Wildman–Crippen LogP) is -1.56. The van der Waals surface area contributed by atoms with Crippen LogP contribution in [0.3, 0.4) is 0 Å². The van der Waals surface area contributed by atoms with Crippen molar-refractivity contribution in [2.45, 2.75) is 19.4 Å². The Morgan fingerprint density at radius 1 is 1.69 bits per heavy atom. The van der Waals surface area contributed by atoms with Gasteiger partial charge in [-0.1, -0.05) is 6.92 Å². The summed E-state index contributed by atoms with van der Waals surface area (Å²) in [4.78, 5) is 11.2. The van der Waals surface area contributed by atoms with Crippen LogP contribution in [-0.4, -0.2) is 41.4 Å². The van der Waals surface area contributed by atoms with Gasteiger partial charge < -0.3 is 21.3 Å². The molecular formula is C8H18N2O3. The molecule has 0 aromatic heterocycles. The quantitative estimate of drug-likeness (QED) is 0.421. The average Bonchev–Trinajstić information content (AvgIpc) is 2.13. The highest BCUT2D eigenvalue weighted by atomic mass is 16.3. The molecule has 0 aliphatic rings. The molecule has 0 fully saturated rings. The third-order valence-electron chi connectivity index (χ3n) is 1.79. The molecule has 0 aliphatic heterocycles. The number of amides is 1. The summed E-state index contributed by atoms with van der Waals surface area (Å²) >= 11 is 0. The van der Waals surface area contributed by atoms with Gasteiger partial charge in [-0.15, -0.1) is 0 Å². The molecule has 0 aromatic rings. The third kappa shape index (κ3) is 4.82. The molecule has 0 aromatic carbocycles. The van der Waals surface area contributed by atoms with Crippen LogP contribution < -0.4 is 11.1 Å². The highest BCUT2D eigenvalue weighted by Crippen LogP contribution is 1.99. The Bertz CT molecular complexity index is 171. The highest BCUT2D eigenvalue weighted by molar-refractivity contribution is 5.78. The van der Waals surface area contributed by atoms with E-state index in [4.69, 9.17) is 10.8 Å². The average molecular weight is 190 g/mol. The van der Waals surface area contributed by atoms with Crippen molar-refractivity contribution in [1.82, 2.24) is 5.32 Å². The van der Waals surface area contributed by atoms with Crippen molar-refractivity contribution in [3.05, 3.63) is 0 Å². The molecule has 0 aliphatic carbocycles. The molecule has 13 heavy (non-hydrogen) atoms. The minimum atomic E-state index is -1.26. The molecule has 0 saturated carbocycles. The lowest BCUT2D eigenvalue weighted by molar-refractivity contribution is -0.125. The first kappa shape index (κ1) is 12.3. The fraction of sp³-hybridized carbons (Fsp3) is 0.875. The molecule has 78 valence electrons. The van der Waals surface area contributed by atoms with E-state index in [1.54, 1.807) is 6.92 Å². The van der Waals surface area contributed by atoms with Gasteiger partial charge in [0.15, 0.2) is 0 Å². The first-order valence-electron chi connectivity index (χ1n) is 4.24. The van der Waals surface area contributed by atoms with Gasteiger partial charge in [-0.05, 0) is 6.92 Å². The molecular weight excluding hydrogens is 172 g/mol. The standard InChI is InChI=1S/C8H18N2O3/c1-6(3-9)7(12)10-4-8(2,13)5-11/h6,11,13H,3-5,9H2,1-2H3,(H,10,12). The Morgan fingerprint density at radius 2 is 2.23 bits per heavy atom. The third-order valence-corrected chi connectivity index (χ3v) is 1.79. The monoisotopic (exact) mass is 190 g/mol. The van der Waals surface area contributed by atoms with Gasteiger partial charge in [-0.2, -0.15) is 0 Å². The van der Waals surface area contributed by atoms with Gasteiger partial charge in [0.2, 0.25) is 5.91 Å². The largest absolute Gasteiger partial charge is 0.393 e. The SMILES string of the molecule is CC(CN)C(=O)NCC(C)(O)CO. The Hall–Kier alpha value is -0.650. The van der Waals surface area contributed by atoms with E-state index < -0.39 is 5.60 Å². The number of aliphatic hydroxyl groups excluding tert-OH is 1. The molecule has 2 atom stereocenters. The van der Waals surface area contributed by atoms with Crippen molar-refractivity contribution < 1.29 is 15.0 Å². The summed E-state index contributed by atoms with van der Waals surface area (Å²) in [6, 6.07) is 0. The molecule has 0 saturated heterocycles. The van der Waals surface area contributed by atoms with Gasteiger partial charge in [-0.3, -0.25) is 4.79 Å². The molecule has 5 N–H and O–H groups in total. The topological polar surface area (TPSA) is 95.6 Å². The Morgan fingerprint density at radius 3 is 2.62 bits per heavy atom. The second-order valence-electron chi connectivity index (χ2n) is 3.51. The van der Waals surface area contributed by atoms with Crippen LogP contribution in [0.2, 0.25) is 0 Å². The van der Waals surface area contributed by atoms with Crippen LogP contribution >= 0.6 is 0 Å². The van der Waals surface area contributed by atoms with Crippen molar-refractivity contribution in [3.63, 3.8) is 0 Å². The van der Waals surface area contributed by atoms with Crippen LogP contribution in [0.25, 0.3) is 0 Å².